The largest absolute Gasteiger partial charge is 0.453 e. The van der Waals surface area contributed by atoms with Gasteiger partial charge in [-0.05, 0) is 43.2 Å². The van der Waals surface area contributed by atoms with Crippen molar-refractivity contribution in [3.63, 3.8) is 0 Å². The van der Waals surface area contributed by atoms with Crippen LogP contribution >= 0.6 is 11.6 Å². The molecule has 0 saturated carbocycles. The molecule has 1 aromatic heterocycles. The van der Waals surface area contributed by atoms with Crippen molar-refractivity contribution in [3.8, 4) is 11.3 Å². The van der Waals surface area contributed by atoms with E-state index in [1.54, 1.807) is 24.4 Å². The molecule has 13 heteroatoms. The quantitative estimate of drug-likeness (QED) is 0.238. The minimum Gasteiger partial charge on any atom is -0.453 e. The average molecular weight is 586 g/mol. The first-order valence-electron chi connectivity index (χ1n) is 12.8. The average Bonchev–Trinajstić information content (AvgIpc) is 3.43. The lowest BCUT2D eigenvalue weighted by Gasteiger charge is -2.36. The molecule has 41 heavy (non-hydrogen) atoms. The standard InChI is InChI=1S/C28H26ClF2N5O5/c1-40-27(38)33-15-7-8-16-19(13-15)34-23(37)6-4-2-3-5-21(26-32-14-20(16)35-26)36-12-11-22(41-28(36)39)24-18(30)10-9-17(29)25(24)31/h2-3,7-10,13-14,21-22H,4-6,11-12H2,1H3,(H,32,35)(H,33,38)(H,34,37)/b3-2+. The van der Waals surface area contributed by atoms with Crippen LogP contribution in [-0.4, -0.2) is 46.6 Å². The predicted molar refractivity (Wildman–Crippen MR) is 146 cm³/mol. The van der Waals surface area contributed by atoms with Gasteiger partial charge in [-0.1, -0.05) is 23.8 Å². The fourth-order valence-electron chi connectivity index (χ4n) is 4.85. The summed E-state index contributed by atoms with van der Waals surface area (Å²) in [6.45, 7) is 0.141. The van der Waals surface area contributed by atoms with E-state index in [2.05, 4.69) is 25.3 Å². The highest BCUT2D eigenvalue weighted by Gasteiger charge is 2.37. The molecule has 3 aromatic rings. The van der Waals surface area contributed by atoms with E-state index < -0.39 is 36.0 Å². The molecule has 2 bridgehead atoms. The zero-order chi connectivity index (χ0) is 29.1. The van der Waals surface area contributed by atoms with Gasteiger partial charge in [0.2, 0.25) is 5.91 Å². The molecule has 0 aliphatic carbocycles. The van der Waals surface area contributed by atoms with Crippen LogP contribution in [0.1, 0.15) is 49.2 Å². The number of nitrogens with one attached hydrogen (secondary N) is 3. The van der Waals surface area contributed by atoms with Crippen LogP contribution in [-0.2, 0) is 14.3 Å². The first-order chi connectivity index (χ1) is 19.7. The summed E-state index contributed by atoms with van der Waals surface area (Å²) in [5, 5.41) is 5.19. The maximum Gasteiger partial charge on any atom is 0.411 e. The number of H-pyrrole nitrogens is 1. The van der Waals surface area contributed by atoms with Gasteiger partial charge in [0.1, 0.15) is 17.7 Å². The summed E-state index contributed by atoms with van der Waals surface area (Å²) in [6, 6.07) is 6.52. The van der Waals surface area contributed by atoms with Gasteiger partial charge in [-0.15, -0.1) is 0 Å². The number of imidazole rings is 1. The molecule has 10 nitrogen and oxygen atoms in total. The van der Waals surface area contributed by atoms with Gasteiger partial charge in [-0.2, -0.15) is 0 Å². The molecule has 2 unspecified atom stereocenters. The molecule has 0 spiro atoms. The van der Waals surface area contributed by atoms with E-state index in [1.165, 1.54) is 12.0 Å². The fraction of sp³-hybridized carbons (Fsp3) is 0.286. The summed E-state index contributed by atoms with van der Waals surface area (Å²) in [7, 11) is 1.25. The summed E-state index contributed by atoms with van der Waals surface area (Å²) >= 11 is 5.84. The molecule has 3 heterocycles. The van der Waals surface area contributed by atoms with Gasteiger partial charge < -0.3 is 19.8 Å². The highest BCUT2D eigenvalue weighted by molar-refractivity contribution is 6.30. The number of hydrogen-bond acceptors (Lipinski definition) is 6. The number of anilines is 2. The number of allylic oxidation sites excluding steroid dienone is 1. The van der Waals surface area contributed by atoms with Crippen LogP contribution in [0.3, 0.4) is 0 Å². The Kier molecular flexibility index (Phi) is 8.20. The number of methoxy groups -OCH3 is 1. The van der Waals surface area contributed by atoms with Gasteiger partial charge in [0.25, 0.3) is 0 Å². The molecule has 2 aliphatic heterocycles. The highest BCUT2D eigenvalue weighted by atomic mass is 35.5. The SMILES string of the molecule is COC(=O)Nc1ccc2c(c1)NC(=O)CC/C=C/CC(N1CCC(c3c(F)ccc(Cl)c3F)OC1=O)c1ncc-2[nH]1. The third-order valence-corrected chi connectivity index (χ3v) is 7.17. The predicted octanol–water partition coefficient (Wildman–Crippen LogP) is 6.49. The van der Waals surface area contributed by atoms with Gasteiger partial charge in [0.15, 0.2) is 5.82 Å². The molecule has 3 amide bonds. The van der Waals surface area contributed by atoms with E-state index in [4.69, 9.17) is 16.3 Å². The molecule has 2 aromatic carbocycles. The molecule has 214 valence electrons. The van der Waals surface area contributed by atoms with E-state index in [1.807, 2.05) is 12.2 Å². The molecule has 1 fully saturated rings. The summed E-state index contributed by atoms with van der Waals surface area (Å²) < 4.78 is 39.2. The number of rotatable bonds is 3. The second-order valence-electron chi connectivity index (χ2n) is 9.48. The molecule has 0 radical (unpaired) electrons. The zero-order valence-electron chi connectivity index (χ0n) is 21.9. The summed E-state index contributed by atoms with van der Waals surface area (Å²) in [4.78, 5) is 46.7. The minimum atomic E-state index is -1.13. The van der Waals surface area contributed by atoms with Crippen molar-refractivity contribution in [2.45, 2.75) is 37.8 Å². The summed E-state index contributed by atoms with van der Waals surface area (Å²) in [6.07, 6.45) is 3.83. The smallest absolute Gasteiger partial charge is 0.411 e. The van der Waals surface area contributed by atoms with E-state index in [0.717, 1.165) is 12.1 Å². The number of benzene rings is 2. The topological polar surface area (TPSA) is 126 Å². The van der Waals surface area contributed by atoms with Crippen LogP contribution in [0.5, 0.6) is 0 Å². The van der Waals surface area contributed by atoms with Gasteiger partial charge in [0, 0.05) is 30.6 Å². The van der Waals surface area contributed by atoms with E-state index in [-0.39, 0.29) is 35.9 Å². The second-order valence-corrected chi connectivity index (χ2v) is 9.89. The molecular weight excluding hydrogens is 560 g/mol. The number of carbonyl (C=O) groups excluding carboxylic acids is 3. The van der Waals surface area contributed by atoms with Gasteiger partial charge in [-0.3, -0.25) is 15.0 Å². The fourth-order valence-corrected chi connectivity index (χ4v) is 5.01. The number of nitrogens with zero attached hydrogens (tertiary/aromatic N) is 2. The Morgan fingerprint density at radius 3 is 2.83 bits per heavy atom. The third kappa shape index (κ3) is 6.02. The molecule has 3 N–H and O–H groups in total. The van der Waals surface area contributed by atoms with Crippen LogP contribution in [0.25, 0.3) is 11.3 Å². The van der Waals surface area contributed by atoms with Crippen molar-refractivity contribution in [2.24, 2.45) is 0 Å². The van der Waals surface area contributed by atoms with Crippen molar-refractivity contribution in [3.05, 3.63) is 76.7 Å². The summed E-state index contributed by atoms with van der Waals surface area (Å²) in [5.74, 6) is -1.57. The molecule has 2 atom stereocenters. The molecular formula is C28H26ClF2N5O5. The Morgan fingerprint density at radius 2 is 2.05 bits per heavy atom. The first-order valence-corrected chi connectivity index (χ1v) is 13.2. The first kappa shape index (κ1) is 28.1. The molecule has 2 aliphatic rings. The Labute approximate surface area is 238 Å². The van der Waals surface area contributed by atoms with Gasteiger partial charge in [0.05, 0.1) is 41.3 Å². The van der Waals surface area contributed by atoms with E-state index >= 15 is 0 Å². The normalized spacial score (nSPS) is 20.0. The lowest BCUT2D eigenvalue weighted by Crippen LogP contribution is -2.42. The monoisotopic (exact) mass is 585 g/mol. The number of fused-ring (bicyclic) bond motifs is 4. The van der Waals surface area contributed by atoms with Crippen LogP contribution in [0, 0.1) is 11.6 Å². The van der Waals surface area contributed by atoms with Crippen molar-refractivity contribution >= 4 is 41.1 Å². The lowest BCUT2D eigenvalue weighted by molar-refractivity contribution is -0.116. The van der Waals surface area contributed by atoms with Crippen molar-refractivity contribution < 1.29 is 32.6 Å². The Balaban J connectivity index is 1.44. The third-order valence-electron chi connectivity index (χ3n) is 6.88. The number of halogens is 3. The van der Waals surface area contributed by atoms with Crippen molar-refractivity contribution in [2.75, 3.05) is 24.3 Å². The number of aromatic amines is 1. The highest BCUT2D eigenvalue weighted by Crippen LogP contribution is 2.38. The van der Waals surface area contributed by atoms with Gasteiger partial charge >= 0.3 is 12.2 Å². The number of carbonyl (C=O) groups is 3. The lowest BCUT2D eigenvalue weighted by atomic mass is 10.0. The number of ether oxygens (including phenoxy) is 2. The molecule has 5 rings (SSSR count). The maximum atomic E-state index is 14.6. The summed E-state index contributed by atoms with van der Waals surface area (Å²) in [5.41, 5.74) is 1.63. The molecule has 1 saturated heterocycles. The second kappa shape index (κ2) is 12.0. The zero-order valence-corrected chi connectivity index (χ0v) is 22.6. The number of amides is 3. The Morgan fingerprint density at radius 1 is 1.22 bits per heavy atom. The van der Waals surface area contributed by atoms with Crippen LogP contribution in [0.2, 0.25) is 5.02 Å². The van der Waals surface area contributed by atoms with Crippen molar-refractivity contribution in [1.82, 2.24) is 14.9 Å². The minimum absolute atomic E-state index is 0.130. The maximum absolute atomic E-state index is 14.6. The van der Waals surface area contributed by atoms with Crippen LogP contribution < -0.4 is 10.6 Å². The Bertz CT molecular complexity index is 1530. The van der Waals surface area contributed by atoms with Crippen LogP contribution in [0.15, 0.2) is 48.7 Å². The van der Waals surface area contributed by atoms with E-state index in [9.17, 15) is 23.2 Å². The van der Waals surface area contributed by atoms with E-state index in [0.29, 0.717) is 41.3 Å². The van der Waals surface area contributed by atoms with Crippen LogP contribution in [0.4, 0.5) is 29.7 Å². The number of aromatic nitrogens is 2. The number of cyclic esters (lactones) is 1. The van der Waals surface area contributed by atoms with Crippen molar-refractivity contribution in [1.29, 1.82) is 0 Å². The Hall–Kier alpha value is -4.45. The number of hydrogen-bond donors (Lipinski definition) is 3. The van der Waals surface area contributed by atoms with Gasteiger partial charge in [-0.25, -0.2) is 23.4 Å².